The van der Waals surface area contributed by atoms with Crippen molar-refractivity contribution in [2.45, 2.75) is 32.0 Å². The van der Waals surface area contributed by atoms with Gasteiger partial charge in [0.2, 0.25) is 0 Å². The van der Waals surface area contributed by atoms with Crippen molar-refractivity contribution in [2.75, 3.05) is 19.8 Å². The monoisotopic (exact) mass is 280 g/mol. The maximum absolute atomic E-state index is 10.3. The van der Waals surface area contributed by atoms with E-state index in [4.69, 9.17) is 18.9 Å². The average Bonchev–Trinajstić information content (AvgIpc) is 2.96. The molecule has 2 heterocycles. The van der Waals surface area contributed by atoms with E-state index in [-0.39, 0.29) is 11.5 Å². The average molecular weight is 280 g/mol. The van der Waals surface area contributed by atoms with Gasteiger partial charge in [0.05, 0.1) is 13.2 Å². The number of hydrogen-bond acceptors (Lipinski definition) is 5. The fourth-order valence-corrected chi connectivity index (χ4v) is 2.44. The molecule has 0 unspecified atom stereocenters. The fourth-order valence-electron chi connectivity index (χ4n) is 2.44. The molecule has 2 aliphatic heterocycles. The lowest BCUT2D eigenvalue weighted by Gasteiger charge is -2.28. The molecule has 0 aromatic heterocycles. The summed E-state index contributed by atoms with van der Waals surface area (Å²) in [6.45, 7) is 4.96. The first-order chi connectivity index (χ1) is 9.52. The van der Waals surface area contributed by atoms with Crippen LogP contribution in [0.1, 0.15) is 13.8 Å². The molecule has 5 heteroatoms. The summed E-state index contributed by atoms with van der Waals surface area (Å²) in [4.78, 5) is 0. The molecule has 0 radical (unpaired) electrons. The van der Waals surface area contributed by atoms with Crippen LogP contribution in [-0.2, 0) is 14.2 Å². The van der Waals surface area contributed by atoms with E-state index in [1.165, 1.54) is 0 Å². The van der Waals surface area contributed by atoms with Crippen LogP contribution in [0.4, 0.5) is 0 Å². The molecular weight excluding hydrogens is 260 g/mol. The SMILES string of the molecule is CC1(C)CO[C@]2(OC[C@H](COc3ccccc3)O2)[C@@H]1O. The summed E-state index contributed by atoms with van der Waals surface area (Å²) in [5.41, 5.74) is -0.380. The molecule has 2 aliphatic rings. The van der Waals surface area contributed by atoms with Gasteiger partial charge in [0.15, 0.2) is 0 Å². The Morgan fingerprint density at radius 3 is 2.65 bits per heavy atom. The minimum Gasteiger partial charge on any atom is -0.491 e. The third kappa shape index (κ3) is 2.42. The largest absolute Gasteiger partial charge is 0.491 e. The second-order valence-electron chi connectivity index (χ2n) is 5.96. The van der Waals surface area contributed by atoms with Crippen molar-refractivity contribution in [3.05, 3.63) is 30.3 Å². The summed E-state index contributed by atoms with van der Waals surface area (Å²) in [6.07, 6.45) is -1.06. The van der Waals surface area contributed by atoms with Crippen LogP contribution in [0.2, 0.25) is 0 Å². The van der Waals surface area contributed by atoms with Crippen LogP contribution in [0.25, 0.3) is 0 Å². The van der Waals surface area contributed by atoms with E-state index in [0.29, 0.717) is 19.8 Å². The number of hydrogen-bond donors (Lipinski definition) is 1. The lowest BCUT2D eigenvalue weighted by atomic mass is 9.89. The van der Waals surface area contributed by atoms with E-state index < -0.39 is 12.1 Å². The highest BCUT2D eigenvalue weighted by Gasteiger charge is 2.60. The molecule has 1 N–H and O–H groups in total. The topological polar surface area (TPSA) is 57.2 Å². The predicted molar refractivity (Wildman–Crippen MR) is 71.2 cm³/mol. The highest BCUT2D eigenvalue weighted by molar-refractivity contribution is 5.20. The van der Waals surface area contributed by atoms with E-state index in [1.807, 2.05) is 44.2 Å². The van der Waals surface area contributed by atoms with Gasteiger partial charge < -0.3 is 24.1 Å². The van der Waals surface area contributed by atoms with Crippen molar-refractivity contribution in [1.29, 1.82) is 0 Å². The van der Waals surface area contributed by atoms with Gasteiger partial charge in [0.1, 0.15) is 24.6 Å². The second-order valence-corrected chi connectivity index (χ2v) is 5.96. The first-order valence-electron chi connectivity index (χ1n) is 6.83. The van der Waals surface area contributed by atoms with Gasteiger partial charge in [-0.2, -0.15) is 0 Å². The summed E-state index contributed by atoms with van der Waals surface area (Å²) in [5.74, 6) is -0.543. The zero-order valence-corrected chi connectivity index (χ0v) is 11.7. The number of para-hydroxylation sites is 1. The standard InChI is InChI=1S/C15H20O5/c1-14(2)10-19-15(13(14)16)18-9-12(20-15)8-17-11-6-4-3-5-7-11/h3-7,12-13,16H,8-10H2,1-2H3/t12-,13+,15+/m0/s1. The summed E-state index contributed by atoms with van der Waals surface area (Å²) in [5, 5.41) is 10.3. The molecule has 2 saturated heterocycles. The van der Waals surface area contributed by atoms with Gasteiger partial charge in [0, 0.05) is 5.41 Å². The Bertz CT molecular complexity index is 461. The number of benzene rings is 1. The summed E-state index contributed by atoms with van der Waals surface area (Å²) < 4.78 is 22.5. The van der Waals surface area contributed by atoms with Gasteiger partial charge in [-0.1, -0.05) is 32.0 Å². The van der Waals surface area contributed by atoms with Gasteiger partial charge in [-0.25, -0.2) is 0 Å². The van der Waals surface area contributed by atoms with Crippen LogP contribution in [0.3, 0.4) is 0 Å². The molecule has 5 nitrogen and oxygen atoms in total. The molecule has 20 heavy (non-hydrogen) atoms. The molecule has 0 bridgehead atoms. The highest BCUT2D eigenvalue weighted by atomic mass is 16.9. The molecule has 1 spiro atoms. The van der Waals surface area contributed by atoms with Crippen LogP contribution >= 0.6 is 0 Å². The Labute approximate surface area is 118 Å². The van der Waals surface area contributed by atoms with Crippen molar-refractivity contribution in [1.82, 2.24) is 0 Å². The highest BCUT2D eigenvalue weighted by Crippen LogP contribution is 2.44. The number of aliphatic hydroxyl groups is 1. The Morgan fingerprint density at radius 2 is 2.00 bits per heavy atom. The minimum atomic E-state index is -1.33. The third-order valence-electron chi connectivity index (χ3n) is 3.70. The number of ether oxygens (including phenoxy) is 4. The molecule has 0 amide bonds. The van der Waals surface area contributed by atoms with E-state index in [2.05, 4.69) is 0 Å². The van der Waals surface area contributed by atoms with E-state index in [9.17, 15) is 5.11 Å². The lowest BCUT2D eigenvalue weighted by molar-refractivity contribution is -0.346. The maximum Gasteiger partial charge on any atom is 0.311 e. The third-order valence-corrected chi connectivity index (χ3v) is 3.70. The Hall–Kier alpha value is -1.14. The number of aliphatic hydroxyl groups excluding tert-OH is 1. The van der Waals surface area contributed by atoms with E-state index in [0.717, 1.165) is 5.75 Å². The van der Waals surface area contributed by atoms with E-state index >= 15 is 0 Å². The normalized spacial score (nSPS) is 35.5. The Kier molecular flexibility index (Phi) is 3.46. The zero-order chi connectivity index (χ0) is 14.2. The van der Waals surface area contributed by atoms with E-state index in [1.54, 1.807) is 0 Å². The first-order valence-corrected chi connectivity index (χ1v) is 6.83. The molecule has 0 aliphatic carbocycles. The van der Waals surface area contributed by atoms with Crippen LogP contribution in [0.5, 0.6) is 5.75 Å². The Balaban J connectivity index is 1.58. The van der Waals surface area contributed by atoms with Gasteiger partial charge in [-0.3, -0.25) is 0 Å². The van der Waals surface area contributed by atoms with Crippen molar-refractivity contribution in [3.8, 4) is 5.75 Å². The molecule has 3 atom stereocenters. The van der Waals surface area contributed by atoms with Gasteiger partial charge >= 0.3 is 5.97 Å². The first kappa shape index (κ1) is 13.8. The van der Waals surface area contributed by atoms with Crippen LogP contribution in [0, 0.1) is 5.41 Å². The fraction of sp³-hybridized carbons (Fsp3) is 0.600. The molecular formula is C15H20O5. The number of rotatable bonds is 3. The van der Waals surface area contributed by atoms with Crippen LogP contribution in [-0.4, -0.2) is 43.1 Å². The van der Waals surface area contributed by atoms with Crippen molar-refractivity contribution in [3.63, 3.8) is 0 Å². The smallest absolute Gasteiger partial charge is 0.311 e. The second kappa shape index (κ2) is 5.00. The van der Waals surface area contributed by atoms with Crippen LogP contribution < -0.4 is 4.74 Å². The van der Waals surface area contributed by atoms with Gasteiger partial charge in [-0.15, -0.1) is 0 Å². The predicted octanol–water partition coefficient (Wildman–Crippen LogP) is 1.55. The molecule has 110 valence electrons. The maximum atomic E-state index is 10.3. The quantitative estimate of drug-likeness (QED) is 0.910. The summed E-state index contributed by atoms with van der Waals surface area (Å²) >= 11 is 0. The van der Waals surface area contributed by atoms with Gasteiger partial charge in [-0.05, 0) is 12.1 Å². The van der Waals surface area contributed by atoms with Crippen molar-refractivity contribution >= 4 is 0 Å². The molecule has 2 fully saturated rings. The van der Waals surface area contributed by atoms with Crippen molar-refractivity contribution < 1.29 is 24.1 Å². The summed E-state index contributed by atoms with van der Waals surface area (Å²) in [6, 6.07) is 9.53. The lowest BCUT2D eigenvalue weighted by Crippen LogP contribution is -2.45. The molecule has 0 saturated carbocycles. The molecule has 3 rings (SSSR count). The minimum absolute atomic E-state index is 0.251. The van der Waals surface area contributed by atoms with Crippen LogP contribution in [0.15, 0.2) is 30.3 Å². The Morgan fingerprint density at radius 1 is 1.25 bits per heavy atom. The summed E-state index contributed by atoms with van der Waals surface area (Å²) in [7, 11) is 0. The van der Waals surface area contributed by atoms with Crippen molar-refractivity contribution in [2.24, 2.45) is 5.41 Å². The zero-order valence-electron chi connectivity index (χ0n) is 11.7. The molecule has 1 aromatic rings. The molecule has 1 aromatic carbocycles. The van der Waals surface area contributed by atoms with Gasteiger partial charge in [0.25, 0.3) is 0 Å².